The molecule has 0 spiro atoms. The molecule has 1 heterocycles. The summed E-state index contributed by atoms with van der Waals surface area (Å²) in [7, 11) is 0. The van der Waals surface area contributed by atoms with Crippen LogP contribution in [0.3, 0.4) is 0 Å². The SMILES string of the molecule is CCOC(=O)[C@@H]1C[C@@H](O)CCN1Cc1ccccc1. The molecule has 0 saturated carbocycles. The van der Waals surface area contributed by atoms with Crippen molar-refractivity contribution in [2.24, 2.45) is 0 Å². The van der Waals surface area contributed by atoms with Crippen molar-refractivity contribution in [3.8, 4) is 0 Å². The zero-order valence-electron chi connectivity index (χ0n) is 11.3. The van der Waals surface area contributed by atoms with E-state index < -0.39 is 6.10 Å². The fourth-order valence-electron chi connectivity index (χ4n) is 2.49. The molecule has 1 aromatic carbocycles. The fraction of sp³-hybridized carbons (Fsp3) is 0.533. The fourth-order valence-corrected chi connectivity index (χ4v) is 2.49. The first kappa shape index (κ1) is 14.0. The van der Waals surface area contributed by atoms with Crippen LogP contribution in [0.25, 0.3) is 0 Å². The molecule has 1 aromatic rings. The lowest BCUT2D eigenvalue weighted by Crippen LogP contribution is -2.48. The first-order valence-corrected chi connectivity index (χ1v) is 6.83. The van der Waals surface area contributed by atoms with Crippen LogP contribution in [0, 0.1) is 0 Å². The lowest BCUT2D eigenvalue weighted by atomic mass is 9.98. The summed E-state index contributed by atoms with van der Waals surface area (Å²) in [6, 6.07) is 9.73. The summed E-state index contributed by atoms with van der Waals surface area (Å²) in [4.78, 5) is 14.1. The Morgan fingerprint density at radius 1 is 1.42 bits per heavy atom. The number of hydrogen-bond donors (Lipinski definition) is 1. The van der Waals surface area contributed by atoms with E-state index in [1.807, 2.05) is 30.3 Å². The van der Waals surface area contributed by atoms with E-state index in [-0.39, 0.29) is 12.0 Å². The number of likely N-dealkylation sites (tertiary alicyclic amines) is 1. The third kappa shape index (κ3) is 3.78. The van der Waals surface area contributed by atoms with Crippen molar-refractivity contribution < 1.29 is 14.6 Å². The molecule has 1 fully saturated rings. The maximum atomic E-state index is 12.0. The molecular formula is C15H21NO3. The number of rotatable bonds is 4. The van der Waals surface area contributed by atoms with Crippen LogP contribution in [0.15, 0.2) is 30.3 Å². The highest BCUT2D eigenvalue weighted by Gasteiger charge is 2.33. The lowest BCUT2D eigenvalue weighted by molar-refractivity contribution is -0.153. The molecule has 104 valence electrons. The number of carbonyl (C=O) groups excluding carboxylic acids is 1. The van der Waals surface area contributed by atoms with Gasteiger partial charge in [0.05, 0.1) is 12.7 Å². The maximum absolute atomic E-state index is 12.0. The molecule has 0 aromatic heterocycles. The van der Waals surface area contributed by atoms with E-state index in [2.05, 4.69) is 4.90 Å². The van der Waals surface area contributed by atoms with E-state index in [1.54, 1.807) is 6.92 Å². The van der Waals surface area contributed by atoms with Gasteiger partial charge < -0.3 is 9.84 Å². The van der Waals surface area contributed by atoms with Crippen molar-refractivity contribution in [1.29, 1.82) is 0 Å². The predicted molar refractivity (Wildman–Crippen MR) is 72.5 cm³/mol. The largest absolute Gasteiger partial charge is 0.465 e. The Morgan fingerprint density at radius 2 is 2.16 bits per heavy atom. The molecule has 0 aliphatic carbocycles. The van der Waals surface area contributed by atoms with Crippen LogP contribution in [-0.2, 0) is 16.1 Å². The van der Waals surface area contributed by atoms with Crippen molar-refractivity contribution in [2.75, 3.05) is 13.2 Å². The molecule has 4 nitrogen and oxygen atoms in total. The predicted octanol–water partition coefficient (Wildman–Crippen LogP) is 1.57. The zero-order chi connectivity index (χ0) is 13.7. The van der Waals surface area contributed by atoms with Crippen LogP contribution in [-0.4, -0.2) is 41.3 Å². The summed E-state index contributed by atoms with van der Waals surface area (Å²) in [5, 5.41) is 9.75. The van der Waals surface area contributed by atoms with Crippen molar-refractivity contribution in [2.45, 2.75) is 38.5 Å². The quantitative estimate of drug-likeness (QED) is 0.838. The van der Waals surface area contributed by atoms with Crippen LogP contribution >= 0.6 is 0 Å². The van der Waals surface area contributed by atoms with Crippen molar-refractivity contribution >= 4 is 5.97 Å². The van der Waals surface area contributed by atoms with Crippen LogP contribution in [0.2, 0.25) is 0 Å². The molecule has 0 amide bonds. The second-order valence-electron chi connectivity index (χ2n) is 4.90. The summed E-state index contributed by atoms with van der Waals surface area (Å²) >= 11 is 0. The van der Waals surface area contributed by atoms with Gasteiger partial charge in [-0.25, -0.2) is 0 Å². The Kier molecular flexibility index (Phi) is 4.93. The van der Waals surface area contributed by atoms with E-state index >= 15 is 0 Å². The van der Waals surface area contributed by atoms with E-state index in [0.717, 1.165) is 13.1 Å². The number of hydrogen-bond acceptors (Lipinski definition) is 4. The minimum Gasteiger partial charge on any atom is -0.465 e. The molecule has 2 rings (SSSR count). The third-order valence-electron chi connectivity index (χ3n) is 3.47. The number of ether oxygens (including phenoxy) is 1. The standard InChI is InChI=1S/C15H21NO3/c1-2-19-15(18)14-10-13(17)8-9-16(14)11-12-6-4-3-5-7-12/h3-7,13-14,17H,2,8-11H2,1H3/t13-,14-/m0/s1. The van der Waals surface area contributed by atoms with Gasteiger partial charge in [0.2, 0.25) is 0 Å². The molecule has 1 N–H and O–H groups in total. The summed E-state index contributed by atoms with van der Waals surface area (Å²) in [5.41, 5.74) is 1.17. The lowest BCUT2D eigenvalue weighted by Gasteiger charge is -2.36. The Bertz CT molecular complexity index is 407. The topological polar surface area (TPSA) is 49.8 Å². The van der Waals surface area contributed by atoms with E-state index in [9.17, 15) is 9.90 Å². The van der Waals surface area contributed by atoms with Gasteiger partial charge in [0.1, 0.15) is 6.04 Å². The molecule has 19 heavy (non-hydrogen) atoms. The molecule has 1 aliphatic rings. The van der Waals surface area contributed by atoms with E-state index in [0.29, 0.717) is 19.4 Å². The molecule has 1 saturated heterocycles. The Hall–Kier alpha value is -1.39. The van der Waals surface area contributed by atoms with Gasteiger partial charge in [-0.05, 0) is 25.3 Å². The van der Waals surface area contributed by atoms with Crippen molar-refractivity contribution in [3.05, 3.63) is 35.9 Å². The van der Waals surface area contributed by atoms with Gasteiger partial charge >= 0.3 is 5.97 Å². The monoisotopic (exact) mass is 263 g/mol. The van der Waals surface area contributed by atoms with Gasteiger partial charge in [0.25, 0.3) is 0 Å². The van der Waals surface area contributed by atoms with Gasteiger partial charge in [0.15, 0.2) is 0 Å². The number of benzene rings is 1. The average molecular weight is 263 g/mol. The first-order chi connectivity index (χ1) is 9.20. The maximum Gasteiger partial charge on any atom is 0.323 e. The first-order valence-electron chi connectivity index (χ1n) is 6.83. The van der Waals surface area contributed by atoms with Crippen LogP contribution < -0.4 is 0 Å². The molecule has 0 bridgehead atoms. The van der Waals surface area contributed by atoms with Gasteiger partial charge in [0, 0.05) is 13.1 Å². The van der Waals surface area contributed by atoms with E-state index in [1.165, 1.54) is 5.56 Å². The highest BCUT2D eigenvalue weighted by atomic mass is 16.5. The molecule has 0 unspecified atom stereocenters. The highest BCUT2D eigenvalue weighted by Crippen LogP contribution is 2.21. The second-order valence-corrected chi connectivity index (χ2v) is 4.90. The number of nitrogens with zero attached hydrogens (tertiary/aromatic N) is 1. The van der Waals surface area contributed by atoms with Crippen molar-refractivity contribution in [3.63, 3.8) is 0 Å². The Balaban J connectivity index is 2.05. The zero-order valence-corrected chi connectivity index (χ0v) is 11.3. The second kappa shape index (κ2) is 6.68. The summed E-state index contributed by atoms with van der Waals surface area (Å²) in [5.74, 6) is -0.225. The smallest absolute Gasteiger partial charge is 0.323 e. The minimum absolute atomic E-state index is 0.225. The van der Waals surface area contributed by atoms with Crippen molar-refractivity contribution in [1.82, 2.24) is 4.90 Å². The number of carbonyl (C=O) groups is 1. The highest BCUT2D eigenvalue weighted by molar-refractivity contribution is 5.76. The van der Waals surface area contributed by atoms with Gasteiger partial charge in [-0.2, -0.15) is 0 Å². The number of aliphatic hydroxyl groups is 1. The Labute approximate surface area is 114 Å². The Morgan fingerprint density at radius 3 is 2.84 bits per heavy atom. The minimum atomic E-state index is -0.401. The third-order valence-corrected chi connectivity index (χ3v) is 3.47. The summed E-state index contributed by atoms with van der Waals surface area (Å²) in [6.45, 7) is 3.62. The molecular weight excluding hydrogens is 242 g/mol. The molecule has 2 atom stereocenters. The number of esters is 1. The average Bonchev–Trinajstić information content (AvgIpc) is 2.42. The van der Waals surface area contributed by atoms with E-state index in [4.69, 9.17) is 4.74 Å². The molecule has 1 aliphatic heterocycles. The summed E-state index contributed by atoms with van der Waals surface area (Å²) in [6.07, 6.45) is 0.774. The summed E-state index contributed by atoms with van der Waals surface area (Å²) < 4.78 is 5.11. The molecule has 4 heteroatoms. The normalized spacial score (nSPS) is 24.1. The van der Waals surface area contributed by atoms with Gasteiger partial charge in [-0.1, -0.05) is 30.3 Å². The van der Waals surface area contributed by atoms with Gasteiger partial charge in [-0.15, -0.1) is 0 Å². The molecule has 0 radical (unpaired) electrons. The van der Waals surface area contributed by atoms with Crippen LogP contribution in [0.4, 0.5) is 0 Å². The number of piperidine rings is 1. The van der Waals surface area contributed by atoms with Crippen LogP contribution in [0.5, 0.6) is 0 Å². The van der Waals surface area contributed by atoms with Gasteiger partial charge in [-0.3, -0.25) is 9.69 Å². The number of aliphatic hydroxyl groups excluding tert-OH is 1. The van der Waals surface area contributed by atoms with Crippen LogP contribution in [0.1, 0.15) is 25.3 Å².